The summed E-state index contributed by atoms with van der Waals surface area (Å²) >= 11 is 0. The molecule has 0 spiro atoms. The molecule has 0 bridgehead atoms. The van der Waals surface area contributed by atoms with E-state index in [1.807, 2.05) is 0 Å². The Kier molecular flexibility index (Phi) is 5.92. The molecule has 0 radical (unpaired) electrons. The molecular weight excluding hydrogens is 440 g/mol. The second-order valence-corrected chi connectivity index (χ2v) is 8.12. The zero-order chi connectivity index (χ0) is 21.8. The maximum atomic E-state index is 11.5. The van der Waals surface area contributed by atoms with E-state index in [1.54, 1.807) is 30.3 Å². The number of amidine groups is 1. The van der Waals surface area contributed by atoms with E-state index in [4.69, 9.17) is 0 Å². The summed E-state index contributed by atoms with van der Waals surface area (Å²) in [5, 5.41) is 24.2. The van der Waals surface area contributed by atoms with Crippen LogP contribution >= 0.6 is 0 Å². The SMILES string of the molecule is O=S(=O)([O-])c1ccc(NN=C(N=Nc2nn[nH]n2)c2ccccc2)c(S(=O)(=O)[O-])c1. The number of benzene rings is 2. The molecule has 0 aliphatic heterocycles. The molecule has 0 saturated carbocycles. The Morgan fingerprint density at radius 3 is 2.33 bits per heavy atom. The van der Waals surface area contributed by atoms with Gasteiger partial charge in [0.05, 0.1) is 15.5 Å². The van der Waals surface area contributed by atoms with Crippen LogP contribution in [0, 0.1) is 0 Å². The van der Waals surface area contributed by atoms with Gasteiger partial charge in [-0.25, -0.2) is 16.8 Å². The van der Waals surface area contributed by atoms with Gasteiger partial charge in [0, 0.05) is 5.56 Å². The maximum absolute atomic E-state index is 11.5. The third kappa shape index (κ3) is 5.26. The molecule has 0 fully saturated rings. The van der Waals surface area contributed by atoms with Crippen molar-refractivity contribution in [1.29, 1.82) is 0 Å². The molecule has 14 nitrogen and oxygen atoms in total. The highest BCUT2D eigenvalue weighted by Crippen LogP contribution is 2.25. The topological polar surface area (TPSA) is 218 Å². The van der Waals surface area contributed by atoms with Crippen molar-refractivity contribution in [2.45, 2.75) is 9.79 Å². The third-order valence-corrected chi connectivity index (χ3v) is 5.10. The summed E-state index contributed by atoms with van der Waals surface area (Å²) < 4.78 is 67.9. The predicted molar refractivity (Wildman–Crippen MR) is 97.7 cm³/mol. The summed E-state index contributed by atoms with van der Waals surface area (Å²) in [5.41, 5.74) is 2.39. The first-order chi connectivity index (χ1) is 14.1. The van der Waals surface area contributed by atoms with Gasteiger partial charge in [-0.1, -0.05) is 35.4 Å². The number of aromatic amines is 1. The molecule has 0 aliphatic rings. The third-order valence-electron chi connectivity index (χ3n) is 3.39. The number of hydrogen-bond donors (Lipinski definition) is 2. The fourth-order valence-corrected chi connectivity index (χ4v) is 3.32. The van der Waals surface area contributed by atoms with Gasteiger partial charge in [-0.2, -0.15) is 10.3 Å². The van der Waals surface area contributed by atoms with Crippen molar-refractivity contribution in [3.63, 3.8) is 0 Å². The van der Waals surface area contributed by atoms with Gasteiger partial charge >= 0.3 is 5.95 Å². The summed E-state index contributed by atoms with van der Waals surface area (Å²) in [5.74, 6) is -0.165. The molecule has 1 heterocycles. The van der Waals surface area contributed by atoms with Crippen LogP contribution in [0.15, 0.2) is 73.7 Å². The predicted octanol–water partition coefficient (Wildman–Crippen LogP) is 0.566. The van der Waals surface area contributed by atoms with Gasteiger partial charge in [-0.3, -0.25) is 5.43 Å². The van der Waals surface area contributed by atoms with Crippen molar-refractivity contribution in [3.05, 3.63) is 54.1 Å². The molecule has 1 aromatic heterocycles. The Morgan fingerprint density at radius 1 is 1.00 bits per heavy atom. The Labute approximate surface area is 169 Å². The van der Waals surface area contributed by atoms with Crippen LogP contribution in [-0.4, -0.2) is 52.4 Å². The van der Waals surface area contributed by atoms with Crippen LogP contribution in [0.1, 0.15) is 5.56 Å². The van der Waals surface area contributed by atoms with Crippen molar-refractivity contribution in [3.8, 4) is 0 Å². The van der Waals surface area contributed by atoms with E-state index in [9.17, 15) is 25.9 Å². The molecule has 0 atom stereocenters. The molecule has 2 N–H and O–H groups in total. The van der Waals surface area contributed by atoms with Gasteiger partial charge in [0.25, 0.3) is 0 Å². The summed E-state index contributed by atoms with van der Waals surface area (Å²) in [7, 11) is -10.1. The summed E-state index contributed by atoms with van der Waals surface area (Å²) in [4.78, 5) is -1.86. The minimum Gasteiger partial charge on any atom is -0.744 e. The second-order valence-electron chi connectivity index (χ2n) is 5.39. The van der Waals surface area contributed by atoms with Crippen molar-refractivity contribution >= 4 is 37.7 Å². The average molecular weight is 450 g/mol. The lowest BCUT2D eigenvalue weighted by Crippen LogP contribution is -2.08. The largest absolute Gasteiger partial charge is 0.744 e. The van der Waals surface area contributed by atoms with Gasteiger partial charge in [-0.05, 0) is 23.4 Å². The van der Waals surface area contributed by atoms with Crippen LogP contribution in [0.3, 0.4) is 0 Å². The lowest BCUT2D eigenvalue weighted by Gasteiger charge is -2.15. The molecular formula is C14H10N8O6S2-2. The number of azo groups is 1. The first-order valence-electron chi connectivity index (χ1n) is 7.75. The highest BCUT2D eigenvalue weighted by atomic mass is 32.2. The number of tetrazole rings is 1. The van der Waals surface area contributed by atoms with E-state index < -0.39 is 30.0 Å². The van der Waals surface area contributed by atoms with E-state index in [-0.39, 0.29) is 17.5 Å². The van der Waals surface area contributed by atoms with Crippen molar-refractivity contribution < 1.29 is 25.9 Å². The Balaban J connectivity index is 2.03. The van der Waals surface area contributed by atoms with Crippen LogP contribution in [-0.2, 0) is 20.2 Å². The number of H-pyrrole nitrogens is 1. The number of nitrogens with zero attached hydrogens (tertiary/aromatic N) is 6. The zero-order valence-corrected chi connectivity index (χ0v) is 16.2. The van der Waals surface area contributed by atoms with Gasteiger partial charge < -0.3 is 9.11 Å². The number of hydrogen-bond acceptors (Lipinski definition) is 12. The normalized spacial score (nSPS) is 12.9. The lowest BCUT2D eigenvalue weighted by atomic mass is 10.2. The molecule has 0 aliphatic carbocycles. The zero-order valence-electron chi connectivity index (χ0n) is 14.6. The number of hydrazone groups is 1. The van der Waals surface area contributed by atoms with E-state index in [0.29, 0.717) is 11.6 Å². The molecule has 0 unspecified atom stereocenters. The fraction of sp³-hybridized carbons (Fsp3) is 0. The van der Waals surface area contributed by atoms with Crippen LogP contribution in [0.5, 0.6) is 0 Å². The molecule has 16 heteroatoms. The van der Waals surface area contributed by atoms with Crippen molar-refractivity contribution in [2.24, 2.45) is 15.3 Å². The Hall–Kier alpha value is -3.60. The quantitative estimate of drug-likeness (QED) is 0.175. The summed E-state index contributed by atoms with van der Waals surface area (Å²) in [6.45, 7) is 0. The minimum atomic E-state index is -5.15. The van der Waals surface area contributed by atoms with E-state index >= 15 is 0 Å². The highest BCUT2D eigenvalue weighted by molar-refractivity contribution is 7.86. The fourth-order valence-electron chi connectivity index (χ4n) is 2.09. The first kappa shape index (κ1) is 21.1. The second kappa shape index (κ2) is 8.41. The number of anilines is 1. The molecule has 2 aromatic carbocycles. The van der Waals surface area contributed by atoms with Crippen molar-refractivity contribution in [2.75, 3.05) is 5.43 Å². The van der Waals surface area contributed by atoms with Gasteiger partial charge in [0.1, 0.15) is 20.2 Å². The van der Waals surface area contributed by atoms with Crippen LogP contribution in [0.4, 0.5) is 11.6 Å². The van der Waals surface area contributed by atoms with E-state index in [1.165, 1.54) is 0 Å². The van der Waals surface area contributed by atoms with Crippen LogP contribution in [0.25, 0.3) is 0 Å². The average Bonchev–Trinajstić information content (AvgIpc) is 3.21. The van der Waals surface area contributed by atoms with Gasteiger partial charge in [-0.15, -0.1) is 15.3 Å². The standard InChI is InChI=1S/C14H12N8O6S2/c23-29(24,25)10-6-7-11(12(8-10)30(26,27)28)15-16-13(9-4-2-1-3-5-9)17-18-14-19-21-22-20-14/h1-8,15H,(H,23,24,25)(H,26,27,28)(H,19,20,21,22)/p-2. The molecule has 0 saturated heterocycles. The molecule has 3 rings (SSSR count). The molecule has 3 aromatic rings. The lowest BCUT2D eigenvalue weighted by molar-refractivity contribution is 0.461. The van der Waals surface area contributed by atoms with Crippen LogP contribution < -0.4 is 5.43 Å². The monoisotopic (exact) mass is 450 g/mol. The van der Waals surface area contributed by atoms with Crippen molar-refractivity contribution in [1.82, 2.24) is 20.6 Å². The Bertz CT molecular complexity index is 1310. The first-order valence-corrected chi connectivity index (χ1v) is 10.6. The Morgan fingerprint density at radius 2 is 1.73 bits per heavy atom. The van der Waals surface area contributed by atoms with E-state index in [0.717, 1.165) is 12.1 Å². The minimum absolute atomic E-state index is 0.0600. The van der Waals surface area contributed by atoms with E-state index in [2.05, 4.69) is 41.4 Å². The molecule has 0 amide bonds. The van der Waals surface area contributed by atoms with Gasteiger partial charge in [0.2, 0.25) is 5.84 Å². The van der Waals surface area contributed by atoms with Gasteiger partial charge in [0.15, 0.2) is 0 Å². The summed E-state index contributed by atoms with van der Waals surface area (Å²) in [6, 6.07) is 10.5. The molecule has 30 heavy (non-hydrogen) atoms. The summed E-state index contributed by atoms with van der Waals surface area (Å²) in [6.07, 6.45) is 0. The van der Waals surface area contributed by atoms with Crippen LogP contribution in [0.2, 0.25) is 0 Å². The number of nitrogens with one attached hydrogen (secondary N) is 2. The maximum Gasteiger partial charge on any atom is 0.307 e. The number of rotatable bonds is 6. The molecule has 156 valence electrons. The highest BCUT2D eigenvalue weighted by Gasteiger charge is 2.13. The number of aromatic nitrogens is 4. The smallest absolute Gasteiger partial charge is 0.307 e.